The predicted molar refractivity (Wildman–Crippen MR) is 132 cm³/mol. The van der Waals surface area contributed by atoms with Crippen molar-refractivity contribution >= 4 is 28.2 Å². The first-order valence-corrected chi connectivity index (χ1v) is 10.8. The van der Waals surface area contributed by atoms with E-state index >= 15 is 0 Å². The lowest BCUT2D eigenvalue weighted by Crippen LogP contribution is -2.14. The van der Waals surface area contributed by atoms with Crippen LogP contribution in [-0.4, -0.2) is 10.9 Å². The fourth-order valence-corrected chi connectivity index (χ4v) is 3.83. The van der Waals surface area contributed by atoms with Crippen molar-refractivity contribution in [2.24, 2.45) is 5.18 Å². The van der Waals surface area contributed by atoms with E-state index in [0.29, 0.717) is 28.6 Å². The van der Waals surface area contributed by atoms with Gasteiger partial charge in [-0.2, -0.15) is 0 Å². The summed E-state index contributed by atoms with van der Waals surface area (Å²) in [6.07, 6.45) is 0. The molecule has 1 amide bonds. The van der Waals surface area contributed by atoms with Crippen molar-refractivity contribution in [1.82, 2.24) is 4.98 Å². The standard InChI is InChI=1S/C27H25N3O3/c1-16(2)22-15-21(10-12-24(22)30-32)33-26-17(3)13-20(14-18(26)4)28-27(31)25-11-9-19-7-5-6-8-23(19)29-25/h5-16H,1-4H3,(H,28,31). The van der Waals surface area contributed by atoms with Crippen LogP contribution < -0.4 is 10.1 Å². The maximum Gasteiger partial charge on any atom is 0.274 e. The highest BCUT2D eigenvalue weighted by Crippen LogP contribution is 2.35. The second-order valence-corrected chi connectivity index (χ2v) is 8.35. The lowest BCUT2D eigenvalue weighted by Gasteiger charge is -2.16. The molecule has 1 heterocycles. The molecule has 0 fully saturated rings. The average molecular weight is 440 g/mol. The Hall–Kier alpha value is -4.06. The molecule has 0 saturated heterocycles. The number of para-hydroxylation sites is 1. The van der Waals surface area contributed by atoms with Gasteiger partial charge in [0.1, 0.15) is 22.9 Å². The molecular weight excluding hydrogens is 414 g/mol. The van der Waals surface area contributed by atoms with Gasteiger partial charge in [0.25, 0.3) is 5.91 Å². The number of aromatic nitrogens is 1. The summed E-state index contributed by atoms with van der Waals surface area (Å²) < 4.78 is 6.15. The minimum Gasteiger partial charge on any atom is -0.457 e. The first-order chi connectivity index (χ1) is 15.9. The number of nitrogens with one attached hydrogen (secondary N) is 1. The van der Waals surface area contributed by atoms with E-state index in [0.717, 1.165) is 27.6 Å². The van der Waals surface area contributed by atoms with E-state index < -0.39 is 0 Å². The van der Waals surface area contributed by atoms with Gasteiger partial charge in [-0.15, -0.1) is 4.91 Å². The number of benzene rings is 3. The van der Waals surface area contributed by atoms with E-state index in [1.165, 1.54) is 0 Å². The maximum absolute atomic E-state index is 12.8. The van der Waals surface area contributed by atoms with Crippen LogP contribution in [0, 0.1) is 18.8 Å². The van der Waals surface area contributed by atoms with Gasteiger partial charge in [0.2, 0.25) is 0 Å². The maximum atomic E-state index is 12.8. The van der Waals surface area contributed by atoms with Crippen LogP contribution >= 0.6 is 0 Å². The molecule has 0 aliphatic heterocycles. The molecule has 1 aromatic heterocycles. The van der Waals surface area contributed by atoms with Crippen molar-refractivity contribution in [3.63, 3.8) is 0 Å². The smallest absolute Gasteiger partial charge is 0.274 e. The van der Waals surface area contributed by atoms with Crippen molar-refractivity contribution < 1.29 is 9.53 Å². The molecule has 0 spiro atoms. The number of carbonyl (C=O) groups is 1. The Labute approximate surface area is 192 Å². The summed E-state index contributed by atoms with van der Waals surface area (Å²) in [6, 6.07) is 20.3. The quantitative estimate of drug-likeness (QED) is 0.317. The summed E-state index contributed by atoms with van der Waals surface area (Å²) >= 11 is 0. The monoisotopic (exact) mass is 439 g/mol. The van der Waals surface area contributed by atoms with Crippen LogP contribution in [0.3, 0.4) is 0 Å². The van der Waals surface area contributed by atoms with Gasteiger partial charge in [0.05, 0.1) is 5.52 Å². The minimum atomic E-state index is -0.272. The summed E-state index contributed by atoms with van der Waals surface area (Å²) in [6.45, 7) is 7.87. The third-order valence-corrected chi connectivity index (χ3v) is 5.49. The van der Waals surface area contributed by atoms with Crippen molar-refractivity contribution in [2.45, 2.75) is 33.6 Å². The lowest BCUT2D eigenvalue weighted by molar-refractivity contribution is 0.102. The molecule has 6 heteroatoms. The molecule has 0 atom stereocenters. The van der Waals surface area contributed by atoms with E-state index in [-0.39, 0.29) is 11.8 Å². The molecule has 0 aliphatic carbocycles. The van der Waals surface area contributed by atoms with Gasteiger partial charge in [0.15, 0.2) is 0 Å². The summed E-state index contributed by atoms with van der Waals surface area (Å²) in [5.74, 6) is 1.21. The van der Waals surface area contributed by atoms with E-state index in [1.54, 1.807) is 18.2 Å². The normalized spacial score (nSPS) is 10.9. The van der Waals surface area contributed by atoms with Crippen molar-refractivity contribution in [2.75, 3.05) is 5.32 Å². The summed E-state index contributed by atoms with van der Waals surface area (Å²) in [5.41, 5.74) is 4.81. The second-order valence-electron chi connectivity index (χ2n) is 8.35. The molecule has 0 radical (unpaired) electrons. The molecule has 0 saturated carbocycles. The first-order valence-electron chi connectivity index (χ1n) is 10.8. The number of hydrogen-bond acceptors (Lipinski definition) is 5. The Bertz CT molecular complexity index is 1340. The van der Waals surface area contributed by atoms with Gasteiger partial charge < -0.3 is 10.1 Å². The zero-order valence-electron chi connectivity index (χ0n) is 19.0. The van der Waals surface area contributed by atoms with Crippen LogP contribution in [0.15, 0.2) is 71.9 Å². The molecule has 33 heavy (non-hydrogen) atoms. The van der Waals surface area contributed by atoms with Gasteiger partial charge >= 0.3 is 0 Å². The van der Waals surface area contributed by atoms with Crippen LogP contribution in [0.2, 0.25) is 0 Å². The van der Waals surface area contributed by atoms with E-state index in [4.69, 9.17) is 4.74 Å². The van der Waals surface area contributed by atoms with E-state index in [2.05, 4.69) is 15.5 Å². The van der Waals surface area contributed by atoms with Gasteiger partial charge in [0, 0.05) is 11.1 Å². The Morgan fingerprint density at radius 3 is 2.39 bits per heavy atom. The molecule has 6 nitrogen and oxygen atoms in total. The topological polar surface area (TPSA) is 80.7 Å². The number of anilines is 1. The number of fused-ring (bicyclic) bond motifs is 1. The largest absolute Gasteiger partial charge is 0.457 e. The zero-order valence-corrected chi connectivity index (χ0v) is 19.0. The Balaban J connectivity index is 1.56. The summed E-state index contributed by atoms with van der Waals surface area (Å²) in [7, 11) is 0. The Kier molecular flexibility index (Phi) is 6.18. The number of ether oxygens (including phenoxy) is 1. The summed E-state index contributed by atoms with van der Waals surface area (Å²) in [5, 5.41) is 7.02. The van der Waals surface area contributed by atoms with E-state index in [1.807, 2.05) is 76.2 Å². The van der Waals surface area contributed by atoms with Crippen molar-refractivity contribution in [3.05, 3.63) is 94.0 Å². The van der Waals surface area contributed by atoms with Gasteiger partial charge in [-0.25, -0.2) is 4.98 Å². The number of hydrogen-bond donors (Lipinski definition) is 1. The van der Waals surface area contributed by atoms with Crippen LogP contribution in [0.25, 0.3) is 10.9 Å². The van der Waals surface area contributed by atoms with Crippen LogP contribution in [0.5, 0.6) is 11.5 Å². The minimum absolute atomic E-state index is 0.143. The third-order valence-electron chi connectivity index (χ3n) is 5.49. The van der Waals surface area contributed by atoms with Crippen LogP contribution in [0.4, 0.5) is 11.4 Å². The Morgan fingerprint density at radius 2 is 1.70 bits per heavy atom. The van der Waals surface area contributed by atoms with Gasteiger partial charge in [-0.05, 0) is 84.1 Å². The van der Waals surface area contributed by atoms with Crippen molar-refractivity contribution in [1.29, 1.82) is 0 Å². The summed E-state index contributed by atoms with van der Waals surface area (Å²) in [4.78, 5) is 28.3. The SMILES string of the molecule is Cc1cc(NC(=O)c2ccc3ccccc3n2)cc(C)c1Oc1ccc(N=O)c(C(C)C)c1. The highest BCUT2D eigenvalue weighted by Gasteiger charge is 2.14. The predicted octanol–water partition coefficient (Wildman–Crippen LogP) is 7.42. The number of carbonyl (C=O) groups excluding carboxylic acids is 1. The fourth-order valence-electron chi connectivity index (χ4n) is 3.83. The number of pyridine rings is 1. The molecule has 0 unspecified atom stereocenters. The van der Waals surface area contributed by atoms with E-state index in [9.17, 15) is 9.70 Å². The molecule has 166 valence electrons. The van der Waals surface area contributed by atoms with Crippen molar-refractivity contribution in [3.8, 4) is 11.5 Å². The molecule has 1 N–H and O–H groups in total. The zero-order chi connectivity index (χ0) is 23.5. The average Bonchev–Trinajstić information content (AvgIpc) is 2.81. The molecule has 0 aliphatic rings. The molecule has 4 rings (SSSR count). The number of nitrogens with zero attached hydrogens (tertiary/aromatic N) is 2. The fraction of sp³-hybridized carbons (Fsp3) is 0.185. The van der Waals surface area contributed by atoms with Gasteiger partial charge in [-0.1, -0.05) is 38.1 Å². The molecule has 4 aromatic rings. The molecule has 3 aromatic carbocycles. The highest BCUT2D eigenvalue weighted by atomic mass is 16.5. The van der Waals surface area contributed by atoms with Crippen LogP contribution in [-0.2, 0) is 0 Å². The van der Waals surface area contributed by atoms with Crippen LogP contribution in [0.1, 0.15) is 46.9 Å². The molecular formula is C27H25N3O3. The number of aryl methyl sites for hydroxylation is 2. The lowest BCUT2D eigenvalue weighted by atomic mass is 10.0. The second kappa shape index (κ2) is 9.20. The third kappa shape index (κ3) is 4.75. The highest BCUT2D eigenvalue weighted by molar-refractivity contribution is 6.04. The first kappa shape index (κ1) is 22.1. The number of nitroso groups, excluding NO2 is 1. The number of amides is 1. The Morgan fingerprint density at radius 1 is 0.970 bits per heavy atom. The molecule has 0 bridgehead atoms. The van der Waals surface area contributed by atoms with Gasteiger partial charge in [-0.3, -0.25) is 4.79 Å². The number of rotatable bonds is 6.